The van der Waals surface area contributed by atoms with Crippen molar-refractivity contribution in [3.8, 4) is 0 Å². The van der Waals surface area contributed by atoms with Gasteiger partial charge in [0, 0.05) is 18.7 Å². The van der Waals surface area contributed by atoms with E-state index < -0.39 is 23.8 Å². The van der Waals surface area contributed by atoms with E-state index in [1.165, 1.54) is 22.0 Å². The zero-order valence-electron chi connectivity index (χ0n) is 10.5. The molecule has 5 nitrogen and oxygen atoms in total. The number of hydrogen-bond acceptors (Lipinski definition) is 3. The summed E-state index contributed by atoms with van der Waals surface area (Å²) in [6.45, 7) is 0.518. The molecule has 0 aromatic heterocycles. The normalized spacial score (nSPS) is 22.2. The predicted octanol–water partition coefficient (Wildman–Crippen LogP) is 1.49. The third-order valence-corrected chi connectivity index (χ3v) is 3.43. The molecule has 7 heteroatoms. The van der Waals surface area contributed by atoms with Gasteiger partial charge in [-0.2, -0.15) is 5.10 Å². The van der Waals surface area contributed by atoms with Gasteiger partial charge in [-0.25, -0.2) is 18.6 Å². The lowest BCUT2D eigenvalue weighted by Gasteiger charge is -2.38. The summed E-state index contributed by atoms with van der Waals surface area (Å²) in [5, 5.41) is 14.4. The Balaban J connectivity index is 1.81. The summed E-state index contributed by atoms with van der Waals surface area (Å²) >= 11 is 0. The van der Waals surface area contributed by atoms with Crippen molar-refractivity contribution in [2.45, 2.75) is 18.6 Å². The van der Waals surface area contributed by atoms with Gasteiger partial charge in [0.1, 0.15) is 11.6 Å². The number of rotatable bonds is 1. The zero-order chi connectivity index (χ0) is 14.3. The van der Waals surface area contributed by atoms with Crippen LogP contribution in [0.4, 0.5) is 13.6 Å². The van der Waals surface area contributed by atoms with Crippen molar-refractivity contribution in [1.29, 1.82) is 0 Å². The van der Waals surface area contributed by atoms with E-state index in [2.05, 4.69) is 5.10 Å². The Bertz CT molecular complexity index is 552. The first kappa shape index (κ1) is 13.0. The summed E-state index contributed by atoms with van der Waals surface area (Å²) in [4.78, 5) is 13.6. The van der Waals surface area contributed by atoms with Crippen LogP contribution in [0.3, 0.4) is 0 Å². The number of aliphatic hydroxyl groups is 1. The Morgan fingerprint density at radius 2 is 1.90 bits per heavy atom. The minimum absolute atomic E-state index is 0.259. The van der Waals surface area contributed by atoms with Crippen LogP contribution >= 0.6 is 0 Å². The summed E-state index contributed by atoms with van der Waals surface area (Å²) in [5.41, 5.74) is 0.370. The molecule has 0 bridgehead atoms. The second-order valence-electron chi connectivity index (χ2n) is 4.94. The molecule has 106 valence electrons. The Hall–Kier alpha value is -2.02. The monoisotopic (exact) mass is 281 g/mol. The third kappa shape index (κ3) is 2.24. The van der Waals surface area contributed by atoms with E-state index in [9.17, 15) is 18.7 Å². The highest BCUT2D eigenvalue weighted by Crippen LogP contribution is 2.30. The standard InChI is InChI=1S/C13H13F2N3O2/c14-9-3-8(4-10(15)5-9)12-1-2-16-18(12)13(20)17-6-11(19)7-17/h2-5,11-12,19H,1,6-7H2. The first-order chi connectivity index (χ1) is 9.54. The minimum atomic E-state index is -0.682. The van der Waals surface area contributed by atoms with Gasteiger partial charge in [0.05, 0.1) is 25.2 Å². The van der Waals surface area contributed by atoms with E-state index in [1.807, 2.05) is 0 Å². The maximum atomic E-state index is 13.3. The first-order valence-corrected chi connectivity index (χ1v) is 6.29. The van der Waals surface area contributed by atoms with Gasteiger partial charge in [-0.15, -0.1) is 0 Å². The van der Waals surface area contributed by atoms with Crippen molar-refractivity contribution in [3.05, 3.63) is 35.4 Å². The van der Waals surface area contributed by atoms with Crippen LogP contribution in [0.2, 0.25) is 0 Å². The summed E-state index contributed by atoms with van der Waals surface area (Å²) in [6.07, 6.45) is 1.45. The summed E-state index contributed by atoms with van der Waals surface area (Å²) in [5.74, 6) is -1.36. The number of carbonyl (C=O) groups is 1. The molecule has 1 aromatic carbocycles. The quantitative estimate of drug-likeness (QED) is 0.848. The highest BCUT2D eigenvalue weighted by Gasteiger charge is 2.37. The van der Waals surface area contributed by atoms with Crippen LogP contribution in [0.5, 0.6) is 0 Å². The molecule has 1 aromatic rings. The SMILES string of the molecule is O=C(N1CC(O)C1)N1N=CCC1c1cc(F)cc(F)c1. The van der Waals surface area contributed by atoms with E-state index in [0.29, 0.717) is 12.0 Å². The predicted molar refractivity (Wildman–Crippen MR) is 67.0 cm³/mol. The molecule has 1 saturated heterocycles. The minimum Gasteiger partial charge on any atom is -0.389 e. The number of benzene rings is 1. The number of urea groups is 1. The van der Waals surface area contributed by atoms with Crippen LogP contribution in [0.15, 0.2) is 23.3 Å². The number of hydrogen-bond donors (Lipinski definition) is 1. The van der Waals surface area contributed by atoms with Gasteiger partial charge in [0.15, 0.2) is 0 Å². The van der Waals surface area contributed by atoms with Crippen LogP contribution in [-0.2, 0) is 0 Å². The van der Waals surface area contributed by atoms with Crippen molar-refractivity contribution in [2.75, 3.05) is 13.1 Å². The molecule has 2 aliphatic rings. The van der Waals surface area contributed by atoms with Crippen LogP contribution in [-0.4, -0.2) is 46.5 Å². The second-order valence-corrected chi connectivity index (χ2v) is 4.94. The molecule has 2 aliphatic heterocycles. The lowest BCUT2D eigenvalue weighted by atomic mass is 10.0. The average molecular weight is 281 g/mol. The van der Waals surface area contributed by atoms with E-state index in [1.54, 1.807) is 6.21 Å². The van der Waals surface area contributed by atoms with Gasteiger partial charge in [-0.05, 0) is 17.7 Å². The van der Waals surface area contributed by atoms with Crippen molar-refractivity contribution >= 4 is 12.2 Å². The van der Waals surface area contributed by atoms with Gasteiger partial charge in [-0.3, -0.25) is 0 Å². The molecule has 0 aliphatic carbocycles. The fourth-order valence-corrected chi connectivity index (χ4v) is 2.40. The second kappa shape index (κ2) is 4.82. The summed E-state index contributed by atoms with van der Waals surface area (Å²) < 4.78 is 26.5. The van der Waals surface area contributed by atoms with Crippen LogP contribution in [0.25, 0.3) is 0 Å². The molecular weight excluding hydrogens is 268 g/mol. The van der Waals surface area contributed by atoms with E-state index in [0.717, 1.165) is 6.07 Å². The highest BCUT2D eigenvalue weighted by atomic mass is 19.1. The summed E-state index contributed by atoms with van der Waals surface area (Å²) in [6, 6.07) is 2.32. The van der Waals surface area contributed by atoms with Gasteiger partial charge >= 0.3 is 6.03 Å². The lowest BCUT2D eigenvalue weighted by molar-refractivity contribution is 0.0124. The molecule has 1 unspecified atom stereocenters. The number of amides is 2. The molecule has 2 amide bonds. The fourth-order valence-electron chi connectivity index (χ4n) is 2.40. The van der Waals surface area contributed by atoms with E-state index in [4.69, 9.17) is 0 Å². The number of likely N-dealkylation sites (tertiary alicyclic amines) is 1. The van der Waals surface area contributed by atoms with Crippen LogP contribution in [0.1, 0.15) is 18.0 Å². The molecule has 1 N–H and O–H groups in total. The summed E-state index contributed by atoms with van der Waals surface area (Å²) in [7, 11) is 0. The Kier molecular flexibility index (Phi) is 3.13. The Morgan fingerprint density at radius 3 is 2.50 bits per heavy atom. The molecular formula is C13H13F2N3O2. The van der Waals surface area contributed by atoms with E-state index >= 15 is 0 Å². The molecule has 2 heterocycles. The number of β-amino-alcohol motifs (C(OH)–C–C–N with tert-alkyl or cyclic N) is 1. The highest BCUT2D eigenvalue weighted by molar-refractivity contribution is 5.79. The maximum absolute atomic E-state index is 13.3. The lowest BCUT2D eigenvalue weighted by Crippen LogP contribution is -2.56. The zero-order valence-corrected chi connectivity index (χ0v) is 10.5. The van der Waals surface area contributed by atoms with Gasteiger partial charge < -0.3 is 10.0 Å². The molecule has 0 saturated carbocycles. The van der Waals surface area contributed by atoms with Crippen molar-refractivity contribution < 1.29 is 18.7 Å². The van der Waals surface area contributed by atoms with Crippen LogP contribution < -0.4 is 0 Å². The maximum Gasteiger partial charge on any atom is 0.341 e. The van der Waals surface area contributed by atoms with Gasteiger partial charge in [-0.1, -0.05) is 0 Å². The topological polar surface area (TPSA) is 56.1 Å². The largest absolute Gasteiger partial charge is 0.389 e. The Morgan fingerprint density at radius 1 is 1.25 bits per heavy atom. The first-order valence-electron chi connectivity index (χ1n) is 6.29. The van der Waals surface area contributed by atoms with E-state index in [-0.39, 0.29) is 19.1 Å². The number of halogens is 2. The van der Waals surface area contributed by atoms with Crippen molar-refractivity contribution in [1.82, 2.24) is 9.91 Å². The number of carbonyl (C=O) groups excluding carboxylic acids is 1. The molecule has 0 spiro atoms. The molecule has 1 fully saturated rings. The van der Waals surface area contributed by atoms with Crippen LogP contribution in [0, 0.1) is 11.6 Å². The fraction of sp³-hybridized carbons (Fsp3) is 0.385. The third-order valence-electron chi connectivity index (χ3n) is 3.43. The smallest absolute Gasteiger partial charge is 0.341 e. The molecule has 0 radical (unpaired) electrons. The number of hydrazone groups is 1. The number of nitrogens with zero attached hydrogens (tertiary/aromatic N) is 3. The van der Waals surface area contributed by atoms with Gasteiger partial charge in [0.25, 0.3) is 0 Å². The average Bonchev–Trinajstić information content (AvgIpc) is 2.82. The molecule has 20 heavy (non-hydrogen) atoms. The number of aliphatic hydroxyl groups excluding tert-OH is 1. The Labute approximate surface area is 114 Å². The van der Waals surface area contributed by atoms with Crippen molar-refractivity contribution in [3.63, 3.8) is 0 Å². The molecule has 1 atom stereocenters. The molecule has 3 rings (SSSR count). The van der Waals surface area contributed by atoms with Crippen molar-refractivity contribution in [2.24, 2.45) is 5.10 Å². The van der Waals surface area contributed by atoms with Gasteiger partial charge in [0.2, 0.25) is 0 Å².